The molecule has 5 nitrogen and oxygen atoms in total. The van der Waals surface area contributed by atoms with E-state index >= 15 is 0 Å². The summed E-state index contributed by atoms with van der Waals surface area (Å²) in [7, 11) is 0. The molecule has 0 spiro atoms. The average Bonchev–Trinajstić information content (AvgIpc) is 2.72. The number of rotatable bonds is 7. The number of carbonyl (C=O) groups is 2. The first kappa shape index (κ1) is 21.0. The highest BCUT2D eigenvalue weighted by Crippen LogP contribution is 2.30. The van der Waals surface area contributed by atoms with Crippen LogP contribution >= 0.6 is 0 Å². The predicted molar refractivity (Wildman–Crippen MR) is 119 cm³/mol. The number of benzene rings is 2. The first-order valence-corrected chi connectivity index (χ1v) is 9.84. The van der Waals surface area contributed by atoms with Gasteiger partial charge in [-0.05, 0) is 41.7 Å². The third kappa shape index (κ3) is 5.64. The first-order valence-electron chi connectivity index (χ1n) is 9.84. The summed E-state index contributed by atoms with van der Waals surface area (Å²) in [5, 5.41) is 11.6. The SMILES string of the molecule is CC(=O)Nc1ccccc1C(=CCCCC(=O)O)c1cccnc1.c1cc2ccc1-2. The Morgan fingerprint density at radius 2 is 1.70 bits per heavy atom. The van der Waals surface area contributed by atoms with Crippen LogP contribution in [0.25, 0.3) is 16.7 Å². The molecule has 2 aliphatic rings. The second-order valence-electron chi connectivity index (χ2n) is 6.95. The van der Waals surface area contributed by atoms with E-state index in [0.29, 0.717) is 12.8 Å². The summed E-state index contributed by atoms with van der Waals surface area (Å²) in [6, 6.07) is 19.8. The van der Waals surface area contributed by atoms with Crippen LogP contribution in [-0.2, 0) is 9.59 Å². The molecule has 1 aromatic heterocycles. The number of hydrogen-bond acceptors (Lipinski definition) is 3. The van der Waals surface area contributed by atoms with Gasteiger partial charge in [-0.1, -0.05) is 54.6 Å². The Labute approximate surface area is 176 Å². The lowest BCUT2D eigenvalue weighted by molar-refractivity contribution is -0.137. The molecule has 2 N–H and O–H groups in total. The lowest BCUT2D eigenvalue weighted by Crippen LogP contribution is -2.08. The number of carbonyl (C=O) groups excluding carboxylic acids is 1. The van der Waals surface area contributed by atoms with Gasteiger partial charge in [0.05, 0.1) is 0 Å². The lowest BCUT2D eigenvalue weighted by atomic mass is 9.95. The number of nitrogens with zero attached hydrogens (tertiary/aromatic N) is 1. The number of unbranched alkanes of at least 4 members (excludes halogenated alkanes) is 1. The van der Waals surface area contributed by atoms with Crippen LogP contribution in [0.4, 0.5) is 5.69 Å². The van der Waals surface area contributed by atoms with E-state index in [1.165, 1.54) is 18.1 Å². The highest BCUT2D eigenvalue weighted by molar-refractivity contribution is 5.95. The Hall–Kier alpha value is -3.73. The van der Waals surface area contributed by atoms with Gasteiger partial charge in [0.1, 0.15) is 0 Å². The molecule has 1 heterocycles. The number of nitrogens with one attached hydrogen (secondary N) is 1. The van der Waals surface area contributed by atoms with Crippen LogP contribution in [0.15, 0.2) is 79.1 Å². The summed E-state index contributed by atoms with van der Waals surface area (Å²) in [4.78, 5) is 26.3. The Morgan fingerprint density at radius 1 is 1.00 bits per heavy atom. The quantitative estimate of drug-likeness (QED) is 0.408. The highest BCUT2D eigenvalue weighted by Gasteiger charge is 2.11. The average molecular weight is 400 g/mol. The van der Waals surface area contributed by atoms with E-state index in [1.54, 1.807) is 12.4 Å². The van der Waals surface area contributed by atoms with Crippen molar-refractivity contribution in [3.8, 4) is 11.1 Å². The molecule has 1 aromatic carbocycles. The summed E-state index contributed by atoms with van der Waals surface area (Å²) in [5.41, 5.74) is 6.31. The molecule has 0 fully saturated rings. The highest BCUT2D eigenvalue weighted by atomic mass is 16.4. The number of fused-ring (bicyclic) bond motifs is 1. The van der Waals surface area contributed by atoms with Crippen molar-refractivity contribution >= 4 is 23.1 Å². The van der Waals surface area contributed by atoms with Crippen LogP contribution in [0.5, 0.6) is 0 Å². The van der Waals surface area contributed by atoms with Crippen molar-refractivity contribution in [1.82, 2.24) is 4.98 Å². The number of para-hydroxylation sites is 1. The third-order valence-electron chi connectivity index (χ3n) is 4.66. The smallest absolute Gasteiger partial charge is 0.303 e. The largest absolute Gasteiger partial charge is 0.481 e. The second kappa shape index (κ2) is 10.2. The van der Waals surface area contributed by atoms with Crippen molar-refractivity contribution in [3.05, 3.63) is 90.3 Å². The predicted octanol–water partition coefficient (Wildman–Crippen LogP) is 5.39. The number of carboxylic acids is 1. The molecule has 4 rings (SSSR count). The summed E-state index contributed by atoms with van der Waals surface area (Å²) >= 11 is 0. The van der Waals surface area contributed by atoms with Gasteiger partial charge in [0, 0.05) is 42.6 Å². The number of carboxylic acid groups (broad SMARTS) is 1. The van der Waals surface area contributed by atoms with Crippen molar-refractivity contribution in [1.29, 1.82) is 0 Å². The molecule has 0 radical (unpaired) electrons. The van der Waals surface area contributed by atoms with E-state index in [9.17, 15) is 9.59 Å². The number of allylic oxidation sites excluding steroid dienone is 1. The van der Waals surface area contributed by atoms with Gasteiger partial charge in [0.15, 0.2) is 0 Å². The van der Waals surface area contributed by atoms with Crippen LogP contribution in [0.2, 0.25) is 0 Å². The van der Waals surface area contributed by atoms with Crippen molar-refractivity contribution in [2.75, 3.05) is 5.32 Å². The summed E-state index contributed by atoms with van der Waals surface area (Å²) in [5.74, 6) is -0.941. The molecule has 1 amide bonds. The molecule has 0 bridgehead atoms. The number of hydrogen-bond donors (Lipinski definition) is 2. The summed E-state index contributed by atoms with van der Waals surface area (Å²) < 4.78 is 0. The molecule has 0 aliphatic heterocycles. The number of amides is 1. The number of anilines is 1. The van der Waals surface area contributed by atoms with Gasteiger partial charge < -0.3 is 10.4 Å². The normalized spacial score (nSPS) is 11.2. The van der Waals surface area contributed by atoms with E-state index in [-0.39, 0.29) is 12.3 Å². The Kier molecular flexibility index (Phi) is 7.11. The zero-order chi connectivity index (χ0) is 21.3. The fraction of sp³-hybridized carbons (Fsp3) is 0.160. The third-order valence-corrected chi connectivity index (χ3v) is 4.66. The van der Waals surface area contributed by atoms with E-state index in [4.69, 9.17) is 5.11 Å². The van der Waals surface area contributed by atoms with Gasteiger partial charge in [0.25, 0.3) is 0 Å². The molecule has 0 saturated carbocycles. The number of aliphatic carboxylic acids is 1. The minimum atomic E-state index is -0.801. The minimum Gasteiger partial charge on any atom is -0.481 e. The van der Waals surface area contributed by atoms with E-state index in [2.05, 4.69) is 34.6 Å². The first-order chi connectivity index (χ1) is 14.5. The number of pyridine rings is 1. The lowest BCUT2D eigenvalue weighted by Gasteiger charge is -2.14. The zero-order valence-electron chi connectivity index (χ0n) is 16.8. The van der Waals surface area contributed by atoms with Crippen molar-refractivity contribution < 1.29 is 14.7 Å². The molecule has 5 heteroatoms. The van der Waals surface area contributed by atoms with Gasteiger partial charge in [-0.2, -0.15) is 0 Å². The molecule has 2 aromatic rings. The zero-order valence-corrected chi connectivity index (χ0v) is 16.8. The maximum Gasteiger partial charge on any atom is 0.303 e. The van der Waals surface area contributed by atoms with Crippen molar-refractivity contribution in [2.24, 2.45) is 0 Å². The van der Waals surface area contributed by atoms with E-state index in [1.807, 2.05) is 42.5 Å². The molecule has 0 unspecified atom stereocenters. The van der Waals surface area contributed by atoms with E-state index < -0.39 is 5.97 Å². The van der Waals surface area contributed by atoms with Gasteiger partial charge in [-0.3, -0.25) is 14.6 Å². The fourth-order valence-electron chi connectivity index (χ4n) is 3.08. The van der Waals surface area contributed by atoms with Crippen LogP contribution < -0.4 is 5.32 Å². The van der Waals surface area contributed by atoms with Gasteiger partial charge in [-0.25, -0.2) is 0 Å². The molecule has 30 heavy (non-hydrogen) atoms. The van der Waals surface area contributed by atoms with Gasteiger partial charge in [-0.15, -0.1) is 0 Å². The van der Waals surface area contributed by atoms with Crippen molar-refractivity contribution in [2.45, 2.75) is 26.2 Å². The summed E-state index contributed by atoms with van der Waals surface area (Å²) in [6.07, 6.45) is 6.77. The molecule has 0 saturated heterocycles. The fourth-order valence-corrected chi connectivity index (χ4v) is 3.08. The Bertz CT molecular complexity index is 1020. The van der Waals surface area contributed by atoms with Crippen LogP contribution in [0.1, 0.15) is 37.3 Å². The van der Waals surface area contributed by atoms with Crippen LogP contribution in [0, 0.1) is 0 Å². The minimum absolute atomic E-state index is 0.129. The van der Waals surface area contributed by atoms with Gasteiger partial charge in [0.2, 0.25) is 5.91 Å². The van der Waals surface area contributed by atoms with Crippen LogP contribution in [0.3, 0.4) is 0 Å². The molecule has 152 valence electrons. The number of aromatic nitrogens is 1. The van der Waals surface area contributed by atoms with E-state index in [0.717, 1.165) is 22.4 Å². The maximum atomic E-state index is 11.5. The summed E-state index contributed by atoms with van der Waals surface area (Å²) in [6.45, 7) is 1.47. The maximum absolute atomic E-state index is 11.5. The molecular formula is C25H24N2O3. The van der Waals surface area contributed by atoms with Crippen molar-refractivity contribution in [3.63, 3.8) is 0 Å². The van der Waals surface area contributed by atoms with Gasteiger partial charge >= 0.3 is 5.97 Å². The second-order valence-corrected chi connectivity index (χ2v) is 6.95. The molecular weight excluding hydrogens is 376 g/mol. The topological polar surface area (TPSA) is 79.3 Å². The molecule has 2 aliphatic carbocycles. The standard InChI is InChI=1S/C19H20N2O3.C6H4/c1-14(22)21-18-10-4-2-9-17(18)16(8-3-5-11-19(23)24)15-7-6-12-20-13-15;1-2-6-4-3-5(1)6/h2,4,6-10,12-13H,3,5,11H2,1H3,(H,21,22)(H,23,24);1-4H. The molecule has 0 atom stereocenters. The Balaban J connectivity index is 0.000000357. The Morgan fingerprint density at radius 3 is 2.23 bits per heavy atom. The van der Waals surface area contributed by atoms with Crippen LogP contribution in [-0.4, -0.2) is 22.0 Å². The monoisotopic (exact) mass is 400 g/mol.